The molecule has 18 heavy (non-hydrogen) atoms. The van der Waals surface area contributed by atoms with E-state index in [2.05, 4.69) is 25.0 Å². The molecule has 0 saturated carbocycles. The predicted molar refractivity (Wildman–Crippen MR) is 62.3 cm³/mol. The van der Waals surface area contributed by atoms with Gasteiger partial charge in [0.15, 0.2) is 5.82 Å². The molecule has 0 saturated heterocycles. The molecule has 2 aromatic rings. The van der Waals surface area contributed by atoms with Crippen LogP contribution < -0.4 is 5.32 Å². The zero-order chi connectivity index (χ0) is 13.1. The van der Waals surface area contributed by atoms with Gasteiger partial charge in [0.1, 0.15) is 11.4 Å². The molecule has 2 aromatic heterocycles. The number of pyridine rings is 1. The summed E-state index contributed by atoms with van der Waals surface area (Å²) in [4.78, 5) is 19.2. The number of aromatic carboxylic acids is 1. The minimum absolute atomic E-state index is 0.157. The Bertz CT molecular complexity index is 566. The zero-order valence-electron chi connectivity index (χ0n) is 9.97. The van der Waals surface area contributed by atoms with Gasteiger partial charge in [-0.05, 0) is 25.5 Å². The van der Waals surface area contributed by atoms with E-state index in [0.29, 0.717) is 17.2 Å². The minimum atomic E-state index is -1.02. The normalized spacial score (nSPS) is 10.3. The van der Waals surface area contributed by atoms with E-state index < -0.39 is 5.97 Å². The summed E-state index contributed by atoms with van der Waals surface area (Å²) in [5.41, 5.74) is 1.56. The summed E-state index contributed by atoms with van der Waals surface area (Å²) in [7, 11) is 0. The maximum Gasteiger partial charge on any atom is 0.339 e. The molecule has 7 nitrogen and oxygen atoms in total. The van der Waals surface area contributed by atoms with Crippen molar-refractivity contribution in [3.05, 3.63) is 35.1 Å². The number of carboxylic acids is 1. The van der Waals surface area contributed by atoms with Gasteiger partial charge in [-0.25, -0.2) is 9.78 Å². The fraction of sp³-hybridized carbons (Fsp3) is 0.273. The molecule has 7 heteroatoms. The predicted octanol–water partition coefficient (Wildman–Crippen LogP) is 1.39. The van der Waals surface area contributed by atoms with Gasteiger partial charge in [0, 0.05) is 5.69 Å². The number of aryl methyl sites for hydroxylation is 2. The molecule has 0 fully saturated rings. The Balaban J connectivity index is 2.28. The van der Waals surface area contributed by atoms with E-state index in [-0.39, 0.29) is 12.1 Å². The molecule has 2 N–H and O–H groups in total. The van der Waals surface area contributed by atoms with Crippen molar-refractivity contribution in [2.45, 2.75) is 20.4 Å². The Kier molecular flexibility index (Phi) is 3.22. The molecule has 0 radical (unpaired) electrons. The summed E-state index contributed by atoms with van der Waals surface area (Å²) in [5.74, 6) is -0.271. The standard InChI is InChI=1S/C11H12N4O3/c1-6-3-7(2)14-10(9(6)11(16)17)12-4-8-13-5-18-15-8/h3,5H,4H2,1-2H3,(H,12,14)(H,16,17). The minimum Gasteiger partial charge on any atom is -0.478 e. The second-order valence-electron chi connectivity index (χ2n) is 3.81. The first-order valence-electron chi connectivity index (χ1n) is 5.28. The third kappa shape index (κ3) is 2.45. The van der Waals surface area contributed by atoms with E-state index in [0.717, 1.165) is 5.69 Å². The summed E-state index contributed by atoms with van der Waals surface area (Å²) in [6, 6.07) is 1.73. The van der Waals surface area contributed by atoms with Crippen molar-refractivity contribution in [1.82, 2.24) is 15.1 Å². The summed E-state index contributed by atoms with van der Waals surface area (Å²) in [6.07, 6.45) is 1.21. The highest BCUT2D eigenvalue weighted by Crippen LogP contribution is 2.19. The molecule has 94 valence electrons. The van der Waals surface area contributed by atoms with Crippen LogP contribution in [-0.2, 0) is 6.54 Å². The van der Waals surface area contributed by atoms with Gasteiger partial charge in [-0.3, -0.25) is 0 Å². The van der Waals surface area contributed by atoms with Gasteiger partial charge >= 0.3 is 5.97 Å². The first-order chi connectivity index (χ1) is 8.58. The first-order valence-corrected chi connectivity index (χ1v) is 5.28. The van der Waals surface area contributed by atoms with E-state index in [4.69, 9.17) is 5.11 Å². The highest BCUT2D eigenvalue weighted by atomic mass is 16.5. The monoisotopic (exact) mass is 248 g/mol. The van der Waals surface area contributed by atoms with Crippen molar-refractivity contribution in [3.63, 3.8) is 0 Å². The van der Waals surface area contributed by atoms with E-state index in [9.17, 15) is 4.79 Å². The van der Waals surface area contributed by atoms with Gasteiger partial charge in [0.2, 0.25) is 6.39 Å². The van der Waals surface area contributed by atoms with Crippen LogP contribution in [0.5, 0.6) is 0 Å². The molecule has 0 unspecified atom stereocenters. The summed E-state index contributed by atoms with van der Waals surface area (Å²) < 4.78 is 4.59. The number of carboxylic acid groups (broad SMARTS) is 1. The van der Waals surface area contributed by atoms with Gasteiger partial charge in [-0.1, -0.05) is 5.16 Å². The SMILES string of the molecule is Cc1cc(C)c(C(=O)O)c(NCc2ncon2)n1. The summed E-state index contributed by atoms with van der Waals surface area (Å²) in [5, 5.41) is 15.7. The molecular weight excluding hydrogens is 236 g/mol. The largest absolute Gasteiger partial charge is 0.478 e. The Hall–Kier alpha value is -2.44. The molecule has 0 aliphatic carbocycles. The van der Waals surface area contributed by atoms with Gasteiger partial charge in [-0.2, -0.15) is 4.98 Å². The molecular formula is C11H12N4O3. The third-order valence-corrected chi connectivity index (χ3v) is 2.38. The topological polar surface area (TPSA) is 101 Å². The Morgan fingerprint density at radius 1 is 1.50 bits per heavy atom. The van der Waals surface area contributed by atoms with Crippen molar-refractivity contribution in [3.8, 4) is 0 Å². The second kappa shape index (κ2) is 4.82. The van der Waals surface area contributed by atoms with Crippen LogP contribution in [0.1, 0.15) is 27.4 Å². The van der Waals surface area contributed by atoms with Crippen molar-refractivity contribution in [1.29, 1.82) is 0 Å². The number of anilines is 1. The Morgan fingerprint density at radius 2 is 2.28 bits per heavy atom. The van der Waals surface area contributed by atoms with Crippen LogP contribution in [-0.4, -0.2) is 26.2 Å². The lowest BCUT2D eigenvalue weighted by Crippen LogP contribution is -2.11. The smallest absolute Gasteiger partial charge is 0.339 e. The van der Waals surface area contributed by atoms with Crippen molar-refractivity contribution >= 4 is 11.8 Å². The molecule has 0 aliphatic rings. The molecule has 0 bridgehead atoms. The van der Waals surface area contributed by atoms with Crippen LogP contribution in [0.15, 0.2) is 17.0 Å². The van der Waals surface area contributed by atoms with Gasteiger partial charge in [-0.15, -0.1) is 0 Å². The highest BCUT2D eigenvalue weighted by Gasteiger charge is 2.15. The lowest BCUT2D eigenvalue weighted by atomic mass is 10.1. The second-order valence-corrected chi connectivity index (χ2v) is 3.81. The maximum atomic E-state index is 11.2. The number of aromatic nitrogens is 3. The van der Waals surface area contributed by atoms with E-state index in [1.54, 1.807) is 19.9 Å². The fourth-order valence-corrected chi connectivity index (χ4v) is 1.67. The van der Waals surface area contributed by atoms with Gasteiger partial charge < -0.3 is 14.9 Å². The van der Waals surface area contributed by atoms with Crippen LogP contribution >= 0.6 is 0 Å². The average Bonchev–Trinajstić information content (AvgIpc) is 2.77. The molecule has 0 atom stereocenters. The Morgan fingerprint density at radius 3 is 2.89 bits per heavy atom. The number of carbonyl (C=O) groups is 1. The zero-order valence-corrected chi connectivity index (χ0v) is 9.97. The number of rotatable bonds is 4. The van der Waals surface area contributed by atoms with Crippen LogP contribution in [0.25, 0.3) is 0 Å². The van der Waals surface area contributed by atoms with Crippen LogP contribution in [0.3, 0.4) is 0 Å². The van der Waals surface area contributed by atoms with Crippen molar-refractivity contribution in [2.24, 2.45) is 0 Å². The lowest BCUT2D eigenvalue weighted by molar-refractivity contribution is 0.0697. The number of hydrogen-bond acceptors (Lipinski definition) is 6. The van der Waals surface area contributed by atoms with E-state index in [1.807, 2.05) is 0 Å². The van der Waals surface area contributed by atoms with E-state index >= 15 is 0 Å². The Labute approximate surface area is 103 Å². The molecule has 0 aromatic carbocycles. The third-order valence-electron chi connectivity index (χ3n) is 2.38. The summed E-state index contributed by atoms with van der Waals surface area (Å²) >= 11 is 0. The van der Waals surface area contributed by atoms with Gasteiger partial charge in [0.25, 0.3) is 0 Å². The highest BCUT2D eigenvalue weighted by molar-refractivity contribution is 5.94. The molecule has 2 rings (SSSR count). The summed E-state index contributed by atoms with van der Waals surface area (Å²) in [6.45, 7) is 3.79. The first kappa shape index (κ1) is 12.0. The molecule has 2 heterocycles. The van der Waals surface area contributed by atoms with Crippen LogP contribution in [0, 0.1) is 13.8 Å². The van der Waals surface area contributed by atoms with Crippen LogP contribution in [0.2, 0.25) is 0 Å². The number of hydrogen-bond donors (Lipinski definition) is 2. The lowest BCUT2D eigenvalue weighted by Gasteiger charge is -2.10. The van der Waals surface area contributed by atoms with Crippen molar-refractivity contribution < 1.29 is 14.4 Å². The van der Waals surface area contributed by atoms with Gasteiger partial charge in [0.05, 0.1) is 6.54 Å². The van der Waals surface area contributed by atoms with E-state index in [1.165, 1.54) is 6.39 Å². The molecule has 0 spiro atoms. The maximum absolute atomic E-state index is 11.2. The number of nitrogens with one attached hydrogen (secondary N) is 1. The quantitative estimate of drug-likeness (QED) is 0.842. The number of nitrogens with zero attached hydrogens (tertiary/aromatic N) is 3. The molecule has 0 aliphatic heterocycles. The fourth-order valence-electron chi connectivity index (χ4n) is 1.67. The van der Waals surface area contributed by atoms with Crippen molar-refractivity contribution in [2.75, 3.05) is 5.32 Å². The van der Waals surface area contributed by atoms with Crippen LogP contribution in [0.4, 0.5) is 5.82 Å². The molecule has 0 amide bonds. The average molecular weight is 248 g/mol.